The zero-order valence-corrected chi connectivity index (χ0v) is 22.7. The van der Waals surface area contributed by atoms with E-state index in [4.69, 9.17) is 25.8 Å². The van der Waals surface area contributed by atoms with Crippen LogP contribution >= 0.6 is 22.9 Å². The minimum Gasteiger partial charge on any atom is -0.497 e. The predicted octanol–water partition coefficient (Wildman–Crippen LogP) is 6.11. The summed E-state index contributed by atoms with van der Waals surface area (Å²) in [7, 11) is -1.52. The van der Waals surface area contributed by atoms with Gasteiger partial charge in [0.15, 0.2) is 10.9 Å². The molecule has 1 aromatic heterocycles. The second kappa shape index (κ2) is 12.0. The van der Waals surface area contributed by atoms with Crippen molar-refractivity contribution in [3.63, 3.8) is 0 Å². The van der Waals surface area contributed by atoms with E-state index in [1.807, 2.05) is 0 Å². The van der Waals surface area contributed by atoms with Crippen molar-refractivity contribution >= 4 is 38.1 Å². The first-order valence-electron chi connectivity index (χ1n) is 11.2. The predicted molar refractivity (Wildman–Crippen MR) is 142 cm³/mol. The van der Waals surface area contributed by atoms with Crippen molar-refractivity contribution in [1.29, 1.82) is 0 Å². The lowest BCUT2D eigenvalue weighted by Gasteiger charge is -2.23. The van der Waals surface area contributed by atoms with Crippen molar-refractivity contribution in [1.82, 2.24) is 4.98 Å². The third kappa shape index (κ3) is 5.85. The van der Waals surface area contributed by atoms with Crippen molar-refractivity contribution in [2.75, 3.05) is 25.1 Å². The molecule has 0 atom stereocenters. The highest BCUT2D eigenvalue weighted by atomic mass is 35.5. The number of ether oxygens (including phenoxy) is 3. The Balaban J connectivity index is 1.63. The van der Waals surface area contributed by atoms with E-state index < -0.39 is 25.8 Å². The molecule has 3 aromatic carbocycles. The maximum Gasteiger partial charge on any atom is 0.269 e. The van der Waals surface area contributed by atoms with Gasteiger partial charge in [0.05, 0.1) is 27.4 Å². The quantitative estimate of drug-likeness (QED) is 0.213. The molecule has 0 saturated carbocycles. The van der Waals surface area contributed by atoms with Crippen LogP contribution in [0, 0.1) is 11.6 Å². The van der Waals surface area contributed by atoms with Gasteiger partial charge >= 0.3 is 0 Å². The van der Waals surface area contributed by atoms with Crippen LogP contribution in [0.25, 0.3) is 0 Å². The maximum atomic E-state index is 15.4. The molecular formula is C26H23ClF2N2O5S2. The molecule has 0 bridgehead atoms. The van der Waals surface area contributed by atoms with Crippen molar-refractivity contribution < 1.29 is 31.4 Å². The van der Waals surface area contributed by atoms with Crippen molar-refractivity contribution in [2.45, 2.75) is 17.9 Å². The number of benzene rings is 3. The number of rotatable bonds is 11. The Morgan fingerprint density at radius 3 is 2.47 bits per heavy atom. The first kappa shape index (κ1) is 27.6. The summed E-state index contributed by atoms with van der Waals surface area (Å²) in [4.78, 5) is 3.48. The van der Waals surface area contributed by atoms with Gasteiger partial charge in [-0.15, -0.1) is 11.3 Å². The lowest BCUT2D eigenvalue weighted by Crippen LogP contribution is -2.31. The molecule has 7 nitrogen and oxygen atoms in total. The minimum atomic E-state index is -4.47. The molecule has 4 rings (SSSR count). The summed E-state index contributed by atoms with van der Waals surface area (Å²) in [6.45, 7) is -0.185. The lowest BCUT2D eigenvalue weighted by atomic mass is 10.1. The molecule has 1 heterocycles. The highest BCUT2D eigenvalue weighted by Crippen LogP contribution is 2.36. The molecular weight excluding hydrogens is 558 g/mol. The molecule has 0 aliphatic heterocycles. The molecule has 0 unspecified atom stereocenters. The minimum absolute atomic E-state index is 0.00863. The van der Waals surface area contributed by atoms with Crippen LogP contribution in [0.4, 0.5) is 13.9 Å². The molecule has 0 N–H and O–H groups in total. The van der Waals surface area contributed by atoms with E-state index in [1.165, 1.54) is 32.5 Å². The summed E-state index contributed by atoms with van der Waals surface area (Å²) in [5.41, 5.74) is 0.933. The Labute approximate surface area is 228 Å². The molecule has 0 aliphatic rings. The van der Waals surface area contributed by atoms with Gasteiger partial charge in [-0.1, -0.05) is 29.8 Å². The van der Waals surface area contributed by atoms with Crippen LogP contribution in [0.15, 0.2) is 71.1 Å². The molecule has 12 heteroatoms. The molecule has 0 radical (unpaired) electrons. The summed E-state index contributed by atoms with van der Waals surface area (Å²) < 4.78 is 73.9. The van der Waals surface area contributed by atoms with Crippen LogP contribution in [0.1, 0.15) is 11.1 Å². The number of sulfonamides is 1. The molecule has 200 valence electrons. The first-order valence-corrected chi connectivity index (χ1v) is 13.9. The van der Waals surface area contributed by atoms with Gasteiger partial charge in [0, 0.05) is 29.6 Å². The zero-order valence-electron chi connectivity index (χ0n) is 20.4. The highest BCUT2D eigenvalue weighted by molar-refractivity contribution is 7.93. The second-order valence-electron chi connectivity index (χ2n) is 7.88. The molecule has 0 aliphatic carbocycles. The number of thiazole rings is 1. The van der Waals surface area contributed by atoms with E-state index in [2.05, 4.69) is 4.98 Å². The summed E-state index contributed by atoms with van der Waals surface area (Å²) in [5.74, 6) is -0.697. The van der Waals surface area contributed by atoms with Gasteiger partial charge in [-0.05, 0) is 35.9 Å². The van der Waals surface area contributed by atoms with E-state index in [0.717, 1.165) is 21.7 Å². The van der Waals surface area contributed by atoms with E-state index in [0.29, 0.717) is 22.6 Å². The fraction of sp³-hybridized carbons (Fsp3) is 0.192. The summed E-state index contributed by atoms with van der Waals surface area (Å²) >= 11 is 7.26. The Kier molecular flexibility index (Phi) is 8.70. The van der Waals surface area contributed by atoms with Crippen LogP contribution in [0.5, 0.6) is 17.2 Å². The number of anilines is 1. The standard InChI is InChI=1S/C26H23ClF2N2O5S2/c1-34-19-8-7-18(22(15-19)35-2)16-31(26-30-12-14-37-26)38(32,33)23-10-9-21(24(27)25(23)29)36-13-11-17-5-3-4-6-20(17)28/h3-10,12,14-15H,11,13,16H2,1-2H3. The van der Waals surface area contributed by atoms with Crippen LogP contribution in [-0.4, -0.2) is 34.2 Å². The molecule has 0 spiro atoms. The Bertz CT molecular complexity index is 1520. The topological polar surface area (TPSA) is 78.0 Å². The average molecular weight is 581 g/mol. The number of nitrogens with zero attached hydrogens (tertiary/aromatic N) is 2. The van der Waals surface area contributed by atoms with Gasteiger partial charge in [0.25, 0.3) is 10.0 Å². The molecule has 0 saturated heterocycles. The number of aromatic nitrogens is 1. The number of methoxy groups -OCH3 is 2. The van der Waals surface area contributed by atoms with Gasteiger partial charge in [-0.3, -0.25) is 0 Å². The fourth-order valence-corrected chi connectivity index (χ4v) is 6.26. The molecule has 38 heavy (non-hydrogen) atoms. The van der Waals surface area contributed by atoms with Gasteiger partial charge in [-0.25, -0.2) is 26.5 Å². The van der Waals surface area contributed by atoms with Gasteiger partial charge in [-0.2, -0.15) is 0 Å². The second-order valence-corrected chi connectivity index (χ2v) is 11.0. The van der Waals surface area contributed by atoms with Gasteiger partial charge < -0.3 is 14.2 Å². The molecule has 0 amide bonds. The molecule has 4 aromatic rings. The van der Waals surface area contributed by atoms with Gasteiger partial charge in [0.2, 0.25) is 0 Å². The van der Waals surface area contributed by atoms with Gasteiger partial charge in [0.1, 0.15) is 33.0 Å². The average Bonchev–Trinajstić information content (AvgIpc) is 3.45. The van der Waals surface area contributed by atoms with Crippen molar-refractivity contribution in [3.8, 4) is 17.2 Å². The number of hydrogen-bond donors (Lipinski definition) is 0. The molecule has 0 fully saturated rings. The van der Waals surface area contributed by atoms with E-state index in [-0.39, 0.29) is 36.3 Å². The van der Waals surface area contributed by atoms with Crippen LogP contribution in [0.2, 0.25) is 5.02 Å². The van der Waals surface area contributed by atoms with Crippen LogP contribution in [-0.2, 0) is 23.0 Å². The number of hydrogen-bond acceptors (Lipinski definition) is 7. The smallest absolute Gasteiger partial charge is 0.269 e. The van der Waals surface area contributed by atoms with E-state index in [9.17, 15) is 12.8 Å². The third-order valence-corrected chi connectivity index (χ3v) is 8.62. The fourth-order valence-electron chi connectivity index (χ4n) is 3.65. The van der Waals surface area contributed by atoms with Crippen molar-refractivity contribution in [3.05, 3.63) is 94.0 Å². The zero-order chi connectivity index (χ0) is 27.3. The highest BCUT2D eigenvalue weighted by Gasteiger charge is 2.32. The summed E-state index contributed by atoms with van der Waals surface area (Å²) in [5, 5.41) is 1.24. The Morgan fingerprint density at radius 1 is 1.00 bits per heavy atom. The first-order chi connectivity index (χ1) is 18.3. The monoisotopic (exact) mass is 580 g/mol. The van der Waals surface area contributed by atoms with E-state index in [1.54, 1.807) is 41.8 Å². The van der Waals surface area contributed by atoms with Crippen LogP contribution in [0.3, 0.4) is 0 Å². The maximum absolute atomic E-state index is 15.4. The Morgan fingerprint density at radius 2 is 1.79 bits per heavy atom. The summed E-state index contributed by atoms with van der Waals surface area (Å²) in [6.07, 6.45) is 1.66. The van der Waals surface area contributed by atoms with Crippen LogP contribution < -0.4 is 18.5 Å². The van der Waals surface area contributed by atoms with Crippen molar-refractivity contribution in [2.24, 2.45) is 0 Å². The SMILES string of the molecule is COc1ccc(CN(c2nccs2)S(=O)(=O)c2ccc(OCCc3ccccc3F)c(Cl)c2F)c(OC)c1. The number of halogens is 3. The Hall–Kier alpha value is -3.41. The largest absolute Gasteiger partial charge is 0.497 e. The third-order valence-electron chi connectivity index (χ3n) is 5.61. The van der Waals surface area contributed by atoms with E-state index >= 15 is 4.39 Å². The summed E-state index contributed by atoms with van der Waals surface area (Å²) in [6, 6.07) is 13.5. The lowest BCUT2D eigenvalue weighted by molar-refractivity contribution is 0.318. The normalized spacial score (nSPS) is 11.3.